The van der Waals surface area contributed by atoms with Crippen LogP contribution in [0.4, 0.5) is 5.69 Å². The van der Waals surface area contributed by atoms with Crippen LogP contribution in [0.15, 0.2) is 58.7 Å². The summed E-state index contributed by atoms with van der Waals surface area (Å²) in [5.74, 6) is 0.735. The van der Waals surface area contributed by atoms with Crippen LogP contribution in [0.5, 0.6) is 0 Å². The van der Waals surface area contributed by atoms with E-state index in [1.807, 2.05) is 29.2 Å². The molecule has 1 aromatic heterocycles. The summed E-state index contributed by atoms with van der Waals surface area (Å²) in [7, 11) is -1.93. The fraction of sp³-hybridized carbons (Fsp3) is 0.350. The van der Waals surface area contributed by atoms with Gasteiger partial charge in [0.05, 0.1) is 0 Å². The van der Waals surface area contributed by atoms with Crippen LogP contribution in [0.3, 0.4) is 0 Å². The summed E-state index contributed by atoms with van der Waals surface area (Å²) in [6, 6.07) is 10.9. The Balaban J connectivity index is 1.42. The van der Waals surface area contributed by atoms with Gasteiger partial charge < -0.3 is 15.5 Å². The molecular formula is C20H26N6O3S. The van der Waals surface area contributed by atoms with Crippen molar-refractivity contribution >= 4 is 27.6 Å². The minimum atomic E-state index is -3.58. The number of guanidine groups is 1. The third-order valence-corrected chi connectivity index (χ3v) is 6.11. The van der Waals surface area contributed by atoms with E-state index in [-0.39, 0.29) is 17.3 Å². The Bertz CT molecular complexity index is 977. The number of nitrogens with zero attached hydrogens (tertiary/aromatic N) is 3. The van der Waals surface area contributed by atoms with Crippen molar-refractivity contribution in [1.29, 1.82) is 0 Å². The number of anilines is 1. The predicted octanol–water partition coefficient (Wildman–Crippen LogP) is 0.852. The molecule has 1 aromatic carbocycles. The van der Waals surface area contributed by atoms with Gasteiger partial charge in [0.15, 0.2) is 5.96 Å². The maximum Gasteiger partial charge on any atom is 0.242 e. The molecule has 0 unspecified atom stereocenters. The molecule has 1 amide bonds. The van der Waals surface area contributed by atoms with Gasteiger partial charge in [-0.25, -0.2) is 13.1 Å². The van der Waals surface area contributed by atoms with E-state index in [0.29, 0.717) is 25.5 Å². The monoisotopic (exact) mass is 430 g/mol. The number of rotatable bonds is 8. The van der Waals surface area contributed by atoms with Crippen LogP contribution >= 0.6 is 0 Å². The van der Waals surface area contributed by atoms with Crippen LogP contribution in [0.1, 0.15) is 18.4 Å². The Hall–Kier alpha value is -2.98. The lowest BCUT2D eigenvalue weighted by Crippen LogP contribution is -2.41. The molecule has 160 valence electrons. The summed E-state index contributed by atoms with van der Waals surface area (Å²) in [4.78, 5) is 21.7. The Morgan fingerprint density at radius 1 is 1.17 bits per heavy atom. The third kappa shape index (κ3) is 5.77. The lowest BCUT2D eigenvalue weighted by molar-refractivity contribution is -0.117. The van der Waals surface area contributed by atoms with Crippen molar-refractivity contribution in [3.63, 3.8) is 0 Å². The standard InChI is InChI=1S/C20H26N6O3S/c1-21-20(23-11-12-25-30(28,29)18-4-2-10-22-15-18)24-14-16-6-8-17(9-7-16)26-13-3-5-19(26)27/h2,4,6-10,15,25H,3,5,11-14H2,1H3,(H2,21,23,24). The van der Waals surface area contributed by atoms with Gasteiger partial charge >= 0.3 is 0 Å². The van der Waals surface area contributed by atoms with Gasteiger partial charge in [-0.2, -0.15) is 0 Å². The largest absolute Gasteiger partial charge is 0.355 e. The molecule has 2 heterocycles. The lowest BCUT2D eigenvalue weighted by Gasteiger charge is -2.16. The second-order valence-electron chi connectivity index (χ2n) is 6.75. The molecule has 1 aliphatic rings. The topological polar surface area (TPSA) is 116 Å². The molecule has 0 spiro atoms. The number of aliphatic imine (C=N–C) groups is 1. The van der Waals surface area contributed by atoms with Crippen molar-refractivity contribution in [2.45, 2.75) is 24.3 Å². The zero-order chi connectivity index (χ0) is 21.4. The maximum absolute atomic E-state index is 12.2. The number of hydrogen-bond donors (Lipinski definition) is 3. The summed E-state index contributed by atoms with van der Waals surface area (Å²) in [5.41, 5.74) is 1.97. The molecule has 0 saturated carbocycles. The first kappa shape index (κ1) is 21.7. The zero-order valence-corrected chi connectivity index (χ0v) is 17.7. The van der Waals surface area contributed by atoms with Crippen molar-refractivity contribution in [2.24, 2.45) is 4.99 Å². The van der Waals surface area contributed by atoms with E-state index in [1.54, 1.807) is 13.1 Å². The fourth-order valence-corrected chi connectivity index (χ4v) is 4.07. The molecule has 0 atom stereocenters. The molecule has 2 aromatic rings. The first-order valence-electron chi connectivity index (χ1n) is 9.73. The quantitative estimate of drug-likeness (QED) is 0.325. The molecule has 9 nitrogen and oxygen atoms in total. The smallest absolute Gasteiger partial charge is 0.242 e. The molecule has 1 saturated heterocycles. The van der Waals surface area contributed by atoms with Crippen molar-refractivity contribution < 1.29 is 13.2 Å². The molecule has 30 heavy (non-hydrogen) atoms. The summed E-state index contributed by atoms with van der Waals surface area (Å²) >= 11 is 0. The molecule has 10 heteroatoms. The van der Waals surface area contributed by atoms with E-state index in [4.69, 9.17) is 0 Å². The number of nitrogens with one attached hydrogen (secondary N) is 3. The van der Waals surface area contributed by atoms with E-state index in [9.17, 15) is 13.2 Å². The van der Waals surface area contributed by atoms with Gasteiger partial charge in [-0.1, -0.05) is 12.1 Å². The molecule has 3 N–H and O–H groups in total. The van der Waals surface area contributed by atoms with Gasteiger partial charge in [-0.15, -0.1) is 0 Å². The molecular weight excluding hydrogens is 404 g/mol. The Morgan fingerprint density at radius 3 is 2.60 bits per heavy atom. The lowest BCUT2D eigenvalue weighted by atomic mass is 10.2. The van der Waals surface area contributed by atoms with Crippen molar-refractivity contribution in [3.05, 3.63) is 54.4 Å². The van der Waals surface area contributed by atoms with E-state index in [0.717, 1.165) is 24.2 Å². The summed E-state index contributed by atoms with van der Waals surface area (Å²) < 4.78 is 26.8. The number of sulfonamides is 1. The zero-order valence-electron chi connectivity index (χ0n) is 16.8. The summed E-state index contributed by atoms with van der Waals surface area (Å²) in [6.07, 6.45) is 4.35. The van der Waals surface area contributed by atoms with Gasteiger partial charge in [-0.05, 0) is 36.2 Å². The normalized spacial score (nSPS) is 14.8. The van der Waals surface area contributed by atoms with Crippen LogP contribution in [0.2, 0.25) is 0 Å². The minimum Gasteiger partial charge on any atom is -0.355 e. The highest BCUT2D eigenvalue weighted by Gasteiger charge is 2.21. The Labute approximate surface area is 176 Å². The maximum atomic E-state index is 12.2. The van der Waals surface area contributed by atoms with Gasteiger partial charge in [0, 0.05) is 57.7 Å². The average Bonchev–Trinajstić information content (AvgIpc) is 3.20. The molecule has 0 bridgehead atoms. The van der Waals surface area contributed by atoms with E-state index in [2.05, 4.69) is 25.3 Å². The third-order valence-electron chi connectivity index (χ3n) is 4.66. The van der Waals surface area contributed by atoms with Crippen molar-refractivity contribution in [1.82, 2.24) is 20.3 Å². The number of amides is 1. The van der Waals surface area contributed by atoms with Crippen LogP contribution in [0, 0.1) is 0 Å². The number of carbonyl (C=O) groups excluding carboxylic acids is 1. The van der Waals surface area contributed by atoms with Crippen LogP contribution in [0.25, 0.3) is 0 Å². The fourth-order valence-electron chi connectivity index (χ4n) is 3.08. The number of benzene rings is 1. The second kappa shape index (κ2) is 10.2. The molecule has 3 rings (SSSR count). The van der Waals surface area contributed by atoms with Crippen LogP contribution < -0.4 is 20.3 Å². The Morgan fingerprint density at radius 2 is 1.97 bits per heavy atom. The summed E-state index contributed by atoms with van der Waals surface area (Å²) in [5, 5.41) is 6.25. The highest BCUT2D eigenvalue weighted by atomic mass is 32.2. The minimum absolute atomic E-state index is 0.131. The number of carbonyl (C=O) groups is 1. The van der Waals surface area contributed by atoms with Crippen molar-refractivity contribution in [3.8, 4) is 0 Å². The van der Waals surface area contributed by atoms with Gasteiger partial charge in [0.1, 0.15) is 4.90 Å². The summed E-state index contributed by atoms with van der Waals surface area (Å²) in [6.45, 7) is 1.90. The second-order valence-corrected chi connectivity index (χ2v) is 8.52. The first-order chi connectivity index (χ1) is 14.5. The van der Waals surface area contributed by atoms with E-state index in [1.165, 1.54) is 18.5 Å². The van der Waals surface area contributed by atoms with Crippen LogP contribution in [-0.2, 0) is 21.4 Å². The number of pyridine rings is 1. The van der Waals surface area contributed by atoms with Gasteiger partial charge in [-0.3, -0.25) is 14.8 Å². The van der Waals surface area contributed by atoms with E-state index >= 15 is 0 Å². The molecule has 0 aliphatic carbocycles. The van der Waals surface area contributed by atoms with E-state index < -0.39 is 10.0 Å². The predicted molar refractivity (Wildman–Crippen MR) is 116 cm³/mol. The number of hydrogen-bond acceptors (Lipinski definition) is 5. The molecule has 1 aliphatic heterocycles. The highest BCUT2D eigenvalue weighted by molar-refractivity contribution is 7.89. The van der Waals surface area contributed by atoms with Gasteiger partial charge in [0.2, 0.25) is 15.9 Å². The Kier molecular flexibility index (Phi) is 7.36. The van der Waals surface area contributed by atoms with Crippen molar-refractivity contribution in [2.75, 3.05) is 31.6 Å². The van der Waals surface area contributed by atoms with Gasteiger partial charge in [0.25, 0.3) is 0 Å². The average molecular weight is 431 g/mol. The first-order valence-corrected chi connectivity index (χ1v) is 11.2. The highest BCUT2D eigenvalue weighted by Crippen LogP contribution is 2.21. The van der Waals surface area contributed by atoms with Crippen LogP contribution in [-0.4, -0.2) is 52.0 Å². The SMILES string of the molecule is CN=C(NCCNS(=O)(=O)c1cccnc1)NCc1ccc(N2CCCC2=O)cc1. The molecule has 1 fully saturated rings. The molecule has 0 radical (unpaired) electrons. The number of aromatic nitrogens is 1.